The molecule has 1 unspecified atom stereocenters. The van der Waals surface area contributed by atoms with Gasteiger partial charge in [-0.25, -0.2) is 4.39 Å². The van der Waals surface area contributed by atoms with Crippen LogP contribution in [0.4, 0.5) is 10.1 Å². The molecule has 0 spiro atoms. The van der Waals surface area contributed by atoms with Crippen molar-refractivity contribution < 1.29 is 9.18 Å². The number of primary amides is 1. The van der Waals surface area contributed by atoms with Crippen molar-refractivity contribution in [1.29, 1.82) is 0 Å². The van der Waals surface area contributed by atoms with E-state index >= 15 is 0 Å². The highest BCUT2D eigenvalue weighted by Crippen LogP contribution is 2.32. The Bertz CT molecular complexity index is 678. The lowest BCUT2D eigenvalue weighted by molar-refractivity contribution is -0.122. The molecule has 0 aliphatic heterocycles. The van der Waals surface area contributed by atoms with E-state index in [0.717, 1.165) is 10.5 Å². The zero-order valence-corrected chi connectivity index (χ0v) is 13.5. The third kappa shape index (κ3) is 3.36. The first-order valence-electron chi connectivity index (χ1n) is 6.12. The lowest BCUT2D eigenvalue weighted by Crippen LogP contribution is -2.45. The Morgan fingerprint density at radius 1 is 1.29 bits per heavy atom. The fourth-order valence-electron chi connectivity index (χ4n) is 1.98. The van der Waals surface area contributed by atoms with Gasteiger partial charge in [0, 0.05) is 20.7 Å². The van der Waals surface area contributed by atoms with Gasteiger partial charge in [0.05, 0.1) is 0 Å². The highest BCUT2D eigenvalue weighted by atomic mass is 79.9. The predicted molar refractivity (Wildman–Crippen MR) is 85.7 cm³/mol. The van der Waals surface area contributed by atoms with Gasteiger partial charge in [-0.3, -0.25) is 4.79 Å². The molecule has 0 radical (unpaired) electrons. The van der Waals surface area contributed by atoms with Gasteiger partial charge in [-0.05, 0) is 43.3 Å². The van der Waals surface area contributed by atoms with Crippen molar-refractivity contribution in [2.24, 2.45) is 5.73 Å². The lowest BCUT2D eigenvalue weighted by atomic mass is 9.90. The van der Waals surface area contributed by atoms with Crippen LogP contribution < -0.4 is 11.1 Å². The second kappa shape index (κ2) is 6.03. The summed E-state index contributed by atoms with van der Waals surface area (Å²) in [4.78, 5) is 11.9. The number of amides is 1. The molecule has 110 valence electrons. The maximum atomic E-state index is 13.2. The summed E-state index contributed by atoms with van der Waals surface area (Å²) in [6.45, 7) is 1.61. The van der Waals surface area contributed by atoms with Crippen LogP contribution in [-0.4, -0.2) is 5.91 Å². The van der Waals surface area contributed by atoms with E-state index in [1.807, 2.05) is 12.1 Å². The third-order valence-corrected chi connectivity index (χ3v) is 4.04. The van der Waals surface area contributed by atoms with Gasteiger partial charge < -0.3 is 11.1 Å². The first-order valence-corrected chi connectivity index (χ1v) is 7.29. The molecule has 0 aliphatic carbocycles. The number of anilines is 1. The van der Waals surface area contributed by atoms with Gasteiger partial charge in [-0.15, -0.1) is 0 Å². The van der Waals surface area contributed by atoms with Crippen LogP contribution in [0, 0.1) is 5.82 Å². The third-order valence-electron chi connectivity index (χ3n) is 3.20. The summed E-state index contributed by atoms with van der Waals surface area (Å²) in [5.41, 5.74) is 5.39. The maximum Gasteiger partial charge on any atom is 0.247 e. The molecule has 0 aliphatic rings. The van der Waals surface area contributed by atoms with Gasteiger partial charge in [0.1, 0.15) is 11.4 Å². The van der Waals surface area contributed by atoms with Gasteiger partial charge in [0.15, 0.2) is 0 Å². The Hall–Kier alpha value is -1.59. The summed E-state index contributed by atoms with van der Waals surface area (Å²) in [6, 6.07) is 11.1. The van der Waals surface area contributed by atoms with E-state index in [-0.39, 0.29) is 5.02 Å². The summed E-state index contributed by atoms with van der Waals surface area (Å²) in [5, 5.41) is 3.20. The van der Waals surface area contributed by atoms with E-state index in [9.17, 15) is 9.18 Å². The van der Waals surface area contributed by atoms with Crippen molar-refractivity contribution >= 4 is 39.1 Å². The topological polar surface area (TPSA) is 55.1 Å². The minimum absolute atomic E-state index is 0.140. The summed E-state index contributed by atoms with van der Waals surface area (Å²) >= 11 is 9.39. The zero-order chi connectivity index (χ0) is 15.6. The Morgan fingerprint density at radius 3 is 2.43 bits per heavy atom. The van der Waals surface area contributed by atoms with Gasteiger partial charge >= 0.3 is 0 Å². The Kier molecular flexibility index (Phi) is 4.54. The van der Waals surface area contributed by atoms with Crippen molar-refractivity contribution in [3.63, 3.8) is 0 Å². The lowest BCUT2D eigenvalue weighted by Gasteiger charge is -2.30. The second-order valence-corrected chi connectivity index (χ2v) is 6.07. The Balaban J connectivity index is 2.45. The Morgan fingerprint density at radius 2 is 1.90 bits per heavy atom. The quantitative estimate of drug-likeness (QED) is 0.852. The van der Waals surface area contributed by atoms with E-state index in [1.54, 1.807) is 19.1 Å². The maximum absolute atomic E-state index is 13.2. The van der Waals surface area contributed by atoms with Crippen LogP contribution in [0.2, 0.25) is 5.02 Å². The highest BCUT2D eigenvalue weighted by Gasteiger charge is 2.35. The zero-order valence-electron chi connectivity index (χ0n) is 11.2. The van der Waals surface area contributed by atoms with Crippen LogP contribution in [0.25, 0.3) is 0 Å². The normalized spacial score (nSPS) is 13.5. The molecule has 6 heteroatoms. The van der Waals surface area contributed by atoms with E-state index in [0.29, 0.717) is 11.3 Å². The number of halogens is 3. The van der Waals surface area contributed by atoms with Crippen LogP contribution in [-0.2, 0) is 10.3 Å². The minimum atomic E-state index is -1.25. The fourth-order valence-corrected chi connectivity index (χ4v) is 2.60. The van der Waals surface area contributed by atoms with Gasteiger partial charge in [-0.1, -0.05) is 33.6 Å². The predicted octanol–water partition coefficient (Wildman–Crippen LogP) is 4.05. The van der Waals surface area contributed by atoms with Crippen LogP contribution in [0.1, 0.15) is 12.5 Å². The molecule has 3 nitrogen and oxygen atoms in total. The SMILES string of the molecule is CC(Nc1ccc(Br)cc1)(C(N)=O)c1ccc(F)cc1Cl. The standard InChI is InChI=1S/C15H13BrClFN2O/c1-15(14(19)21,12-7-4-10(18)8-13(12)17)20-11-5-2-9(16)3-6-11/h2-8,20H,1H3,(H2,19,21). The number of nitrogens with one attached hydrogen (secondary N) is 1. The van der Waals surface area contributed by atoms with Crippen molar-refractivity contribution in [3.8, 4) is 0 Å². The molecule has 1 atom stereocenters. The van der Waals surface area contributed by atoms with Crippen LogP contribution in [0.3, 0.4) is 0 Å². The molecule has 2 aromatic carbocycles. The summed E-state index contributed by atoms with van der Waals surface area (Å²) in [7, 11) is 0. The molecular formula is C15H13BrClFN2O. The molecule has 0 bridgehead atoms. The van der Waals surface area contributed by atoms with E-state index in [4.69, 9.17) is 17.3 Å². The number of nitrogens with two attached hydrogens (primary N) is 1. The molecule has 2 rings (SSSR count). The van der Waals surface area contributed by atoms with E-state index in [2.05, 4.69) is 21.2 Å². The van der Waals surface area contributed by atoms with Gasteiger partial charge in [0.25, 0.3) is 0 Å². The van der Waals surface area contributed by atoms with E-state index in [1.165, 1.54) is 12.1 Å². The monoisotopic (exact) mass is 370 g/mol. The molecule has 0 saturated heterocycles. The molecule has 21 heavy (non-hydrogen) atoms. The minimum Gasteiger partial charge on any atom is -0.368 e. The molecule has 0 aromatic heterocycles. The van der Waals surface area contributed by atoms with Crippen molar-refractivity contribution in [2.75, 3.05) is 5.32 Å². The average molecular weight is 372 g/mol. The number of carbonyl (C=O) groups is 1. The first kappa shape index (κ1) is 15.8. The largest absolute Gasteiger partial charge is 0.368 e. The molecule has 0 heterocycles. The summed E-state index contributed by atoms with van der Waals surface area (Å²) in [5.74, 6) is -1.09. The van der Waals surface area contributed by atoms with Crippen LogP contribution >= 0.6 is 27.5 Å². The highest BCUT2D eigenvalue weighted by molar-refractivity contribution is 9.10. The first-order chi connectivity index (χ1) is 9.83. The molecule has 2 aromatic rings. The van der Waals surface area contributed by atoms with Crippen LogP contribution in [0.5, 0.6) is 0 Å². The second-order valence-electron chi connectivity index (χ2n) is 4.75. The summed E-state index contributed by atoms with van der Waals surface area (Å²) in [6.07, 6.45) is 0. The van der Waals surface area contributed by atoms with Gasteiger partial charge in [-0.2, -0.15) is 0 Å². The summed E-state index contributed by atoms with van der Waals surface area (Å²) < 4.78 is 14.1. The molecule has 1 amide bonds. The fraction of sp³-hybridized carbons (Fsp3) is 0.133. The smallest absolute Gasteiger partial charge is 0.247 e. The van der Waals surface area contributed by atoms with Crippen LogP contribution in [0.15, 0.2) is 46.9 Å². The number of benzene rings is 2. The number of hydrogen-bond donors (Lipinski definition) is 2. The molecule has 3 N–H and O–H groups in total. The average Bonchev–Trinajstić information content (AvgIpc) is 2.41. The van der Waals surface area contributed by atoms with E-state index < -0.39 is 17.3 Å². The molecule has 0 saturated carbocycles. The molecular weight excluding hydrogens is 359 g/mol. The Labute approximate surface area is 135 Å². The number of carbonyl (C=O) groups excluding carboxylic acids is 1. The van der Waals surface area contributed by atoms with Crippen molar-refractivity contribution in [1.82, 2.24) is 0 Å². The van der Waals surface area contributed by atoms with Gasteiger partial charge in [0.2, 0.25) is 5.91 Å². The number of hydrogen-bond acceptors (Lipinski definition) is 2. The van der Waals surface area contributed by atoms with Crippen molar-refractivity contribution in [3.05, 3.63) is 63.3 Å². The number of rotatable bonds is 4. The molecule has 0 fully saturated rings. The van der Waals surface area contributed by atoms with Crippen molar-refractivity contribution in [2.45, 2.75) is 12.5 Å².